The number of hydrogen-bond acceptors (Lipinski definition) is 7. The predicted octanol–water partition coefficient (Wildman–Crippen LogP) is 4.50. The second-order valence-electron chi connectivity index (χ2n) is 7.47. The number of hydrogen-bond donors (Lipinski definition) is 1. The van der Waals surface area contributed by atoms with Crippen molar-refractivity contribution in [3.63, 3.8) is 0 Å². The lowest BCUT2D eigenvalue weighted by Crippen LogP contribution is -2.19. The van der Waals surface area contributed by atoms with Crippen LogP contribution in [0.5, 0.6) is 11.5 Å². The van der Waals surface area contributed by atoms with Gasteiger partial charge in [0.2, 0.25) is 0 Å². The summed E-state index contributed by atoms with van der Waals surface area (Å²) in [5.41, 5.74) is 0.867. The van der Waals surface area contributed by atoms with Crippen molar-refractivity contribution in [3.05, 3.63) is 47.5 Å². The van der Waals surface area contributed by atoms with Crippen molar-refractivity contribution < 1.29 is 23.3 Å². The Labute approximate surface area is 183 Å². The van der Waals surface area contributed by atoms with Gasteiger partial charge in [-0.15, -0.1) is 0 Å². The number of anilines is 2. The van der Waals surface area contributed by atoms with Gasteiger partial charge in [-0.3, -0.25) is 0 Å². The van der Waals surface area contributed by atoms with Gasteiger partial charge in [0.1, 0.15) is 24.4 Å². The lowest BCUT2D eigenvalue weighted by atomic mass is 10.2. The molecule has 0 amide bonds. The van der Waals surface area contributed by atoms with Crippen molar-refractivity contribution in [2.75, 3.05) is 31.7 Å². The topological polar surface area (TPSA) is 74.7 Å². The Balaban J connectivity index is 1.53. The fourth-order valence-electron chi connectivity index (χ4n) is 3.65. The fraction of sp³-hybridized carbons (Fsp3) is 0.364. The van der Waals surface area contributed by atoms with E-state index in [0.717, 1.165) is 12.8 Å². The molecule has 0 saturated carbocycles. The number of benzene rings is 2. The second kappa shape index (κ2) is 8.82. The molecule has 3 heterocycles. The van der Waals surface area contributed by atoms with Crippen LogP contribution < -0.4 is 14.8 Å². The minimum Gasteiger partial charge on any atom is -0.484 e. The van der Waals surface area contributed by atoms with E-state index in [-0.39, 0.29) is 22.9 Å². The third-order valence-corrected chi connectivity index (χ3v) is 5.56. The van der Waals surface area contributed by atoms with Gasteiger partial charge in [-0.1, -0.05) is 17.7 Å². The number of nitrogens with one attached hydrogen (secondary N) is 1. The van der Waals surface area contributed by atoms with E-state index in [9.17, 15) is 4.39 Å². The number of rotatable bonds is 6. The normalized spacial score (nSPS) is 20.8. The molecule has 2 aromatic carbocycles. The van der Waals surface area contributed by atoms with Crippen LogP contribution in [0.3, 0.4) is 0 Å². The lowest BCUT2D eigenvalue weighted by molar-refractivity contribution is 0.123. The van der Waals surface area contributed by atoms with Crippen molar-refractivity contribution in [3.8, 4) is 11.5 Å². The minimum atomic E-state index is -0.545. The minimum absolute atomic E-state index is 0.0306. The van der Waals surface area contributed by atoms with Crippen LogP contribution in [-0.2, 0) is 9.47 Å². The van der Waals surface area contributed by atoms with Crippen LogP contribution in [-0.4, -0.2) is 48.6 Å². The van der Waals surface area contributed by atoms with E-state index in [1.165, 1.54) is 12.4 Å². The summed E-state index contributed by atoms with van der Waals surface area (Å²) in [5.74, 6) is 1.05. The first-order valence-electron chi connectivity index (χ1n) is 10.2. The van der Waals surface area contributed by atoms with Crippen LogP contribution in [0.25, 0.3) is 10.9 Å². The van der Waals surface area contributed by atoms with Crippen LogP contribution in [0.2, 0.25) is 5.02 Å². The molecule has 2 aliphatic rings. The van der Waals surface area contributed by atoms with Gasteiger partial charge >= 0.3 is 0 Å². The molecule has 7 nitrogen and oxygen atoms in total. The highest BCUT2D eigenvalue weighted by Crippen LogP contribution is 2.37. The van der Waals surface area contributed by atoms with Gasteiger partial charge in [0.15, 0.2) is 17.3 Å². The molecule has 9 heteroatoms. The highest BCUT2D eigenvalue weighted by molar-refractivity contribution is 6.31. The van der Waals surface area contributed by atoms with Crippen LogP contribution >= 0.6 is 11.6 Å². The Morgan fingerprint density at radius 2 is 1.71 bits per heavy atom. The zero-order valence-electron chi connectivity index (χ0n) is 16.6. The molecule has 162 valence electrons. The van der Waals surface area contributed by atoms with Gasteiger partial charge in [0, 0.05) is 24.3 Å². The van der Waals surface area contributed by atoms with Crippen molar-refractivity contribution in [1.29, 1.82) is 0 Å². The Kier molecular flexibility index (Phi) is 5.76. The maximum absolute atomic E-state index is 14.4. The van der Waals surface area contributed by atoms with Gasteiger partial charge in [-0.05, 0) is 18.2 Å². The van der Waals surface area contributed by atoms with Gasteiger partial charge in [0.05, 0.1) is 42.7 Å². The molecule has 2 aliphatic heterocycles. The SMILES string of the molecule is Fc1c(Cl)cccc1Nc1ncnc2cc(O[C@@H]3CCOC3)c(O[C@H]3CCOC3)cc12. The Morgan fingerprint density at radius 1 is 1.00 bits per heavy atom. The standard InChI is InChI=1S/C22H21ClFN3O4/c23-16-2-1-3-17(21(16)24)27-22-15-8-19(30-13-4-6-28-10-13)20(9-18(15)25-12-26-22)31-14-5-7-29-11-14/h1-3,8-9,12-14H,4-7,10-11H2,(H,25,26,27)/t13-,14+/m0/s1. The molecular weight excluding hydrogens is 425 g/mol. The first kappa shape index (κ1) is 20.2. The van der Waals surface area contributed by atoms with Crippen LogP contribution in [0.4, 0.5) is 15.9 Å². The third kappa shape index (κ3) is 4.37. The fourth-order valence-corrected chi connectivity index (χ4v) is 3.82. The number of halogens is 2. The zero-order chi connectivity index (χ0) is 21.2. The summed E-state index contributed by atoms with van der Waals surface area (Å²) in [6, 6.07) is 8.40. The molecule has 0 aliphatic carbocycles. The summed E-state index contributed by atoms with van der Waals surface area (Å²) in [6.45, 7) is 2.39. The molecule has 2 fully saturated rings. The van der Waals surface area contributed by atoms with Gasteiger partial charge in [-0.2, -0.15) is 0 Å². The third-order valence-electron chi connectivity index (χ3n) is 5.27. The lowest BCUT2D eigenvalue weighted by Gasteiger charge is -2.20. The molecule has 2 atom stereocenters. The summed E-state index contributed by atoms with van der Waals surface area (Å²) in [6.07, 6.45) is 2.93. The second-order valence-corrected chi connectivity index (χ2v) is 7.88. The zero-order valence-corrected chi connectivity index (χ0v) is 17.4. The molecule has 31 heavy (non-hydrogen) atoms. The highest BCUT2D eigenvalue weighted by Gasteiger charge is 2.24. The van der Waals surface area contributed by atoms with Crippen LogP contribution in [0.15, 0.2) is 36.7 Å². The first-order chi connectivity index (χ1) is 15.2. The van der Waals surface area contributed by atoms with E-state index >= 15 is 0 Å². The molecule has 0 bridgehead atoms. The van der Waals surface area contributed by atoms with Crippen molar-refractivity contribution in [2.24, 2.45) is 0 Å². The monoisotopic (exact) mass is 445 g/mol. The number of ether oxygens (including phenoxy) is 4. The average Bonchev–Trinajstić information content (AvgIpc) is 3.47. The molecule has 1 N–H and O–H groups in total. The van der Waals surface area contributed by atoms with E-state index in [4.69, 9.17) is 30.5 Å². The summed E-state index contributed by atoms with van der Waals surface area (Å²) < 4.78 is 37.7. The Morgan fingerprint density at radius 3 is 2.39 bits per heavy atom. The molecule has 5 rings (SSSR count). The van der Waals surface area contributed by atoms with Crippen molar-refractivity contribution in [2.45, 2.75) is 25.0 Å². The van der Waals surface area contributed by atoms with E-state index in [1.54, 1.807) is 12.1 Å². The van der Waals surface area contributed by atoms with E-state index in [2.05, 4.69) is 15.3 Å². The molecular formula is C22H21ClFN3O4. The number of fused-ring (bicyclic) bond motifs is 1. The molecule has 0 radical (unpaired) electrons. The van der Waals surface area contributed by atoms with E-state index in [0.29, 0.717) is 54.6 Å². The molecule has 2 saturated heterocycles. The summed E-state index contributed by atoms with van der Waals surface area (Å²) in [7, 11) is 0. The molecule has 1 aromatic heterocycles. The Hall–Kier alpha value is -2.68. The number of aromatic nitrogens is 2. The van der Waals surface area contributed by atoms with Gasteiger partial charge in [0.25, 0.3) is 0 Å². The smallest absolute Gasteiger partial charge is 0.165 e. The predicted molar refractivity (Wildman–Crippen MR) is 114 cm³/mol. The average molecular weight is 446 g/mol. The molecule has 3 aromatic rings. The van der Waals surface area contributed by atoms with Crippen LogP contribution in [0.1, 0.15) is 12.8 Å². The van der Waals surface area contributed by atoms with Gasteiger partial charge < -0.3 is 24.3 Å². The summed E-state index contributed by atoms with van der Waals surface area (Å²) in [5, 5.41) is 3.72. The summed E-state index contributed by atoms with van der Waals surface area (Å²) in [4.78, 5) is 8.67. The maximum atomic E-state index is 14.4. The first-order valence-corrected chi connectivity index (χ1v) is 10.5. The van der Waals surface area contributed by atoms with Crippen molar-refractivity contribution in [1.82, 2.24) is 9.97 Å². The molecule has 0 spiro atoms. The highest BCUT2D eigenvalue weighted by atomic mass is 35.5. The quantitative estimate of drug-likeness (QED) is 0.598. The van der Waals surface area contributed by atoms with E-state index in [1.807, 2.05) is 12.1 Å². The van der Waals surface area contributed by atoms with E-state index < -0.39 is 5.82 Å². The van der Waals surface area contributed by atoms with Crippen LogP contribution in [0, 0.1) is 5.82 Å². The molecule has 0 unspecified atom stereocenters. The number of nitrogens with zero attached hydrogens (tertiary/aromatic N) is 2. The summed E-state index contributed by atoms with van der Waals surface area (Å²) >= 11 is 5.91. The van der Waals surface area contributed by atoms with Crippen molar-refractivity contribution >= 4 is 34.0 Å². The van der Waals surface area contributed by atoms with Gasteiger partial charge in [-0.25, -0.2) is 14.4 Å². The largest absolute Gasteiger partial charge is 0.484 e. The maximum Gasteiger partial charge on any atom is 0.165 e. The Bertz CT molecular complexity index is 1090.